The molecule has 3 N–H and O–H groups in total. The van der Waals surface area contributed by atoms with Gasteiger partial charge in [-0.15, -0.1) is 0 Å². The first-order chi connectivity index (χ1) is 13.6. The summed E-state index contributed by atoms with van der Waals surface area (Å²) in [5, 5.41) is 7.89. The SMILES string of the molecule is O=C(NC[C@@H]1CCCO1)C(=O)Nc1ccccc1C(=O)NCc1ccccc1. The van der Waals surface area contributed by atoms with Crippen LogP contribution in [0.5, 0.6) is 0 Å². The first kappa shape index (κ1) is 19.6. The third-order valence-electron chi connectivity index (χ3n) is 4.44. The van der Waals surface area contributed by atoms with E-state index in [1.165, 1.54) is 0 Å². The second kappa shape index (κ2) is 9.66. The maximum Gasteiger partial charge on any atom is 0.313 e. The zero-order valence-corrected chi connectivity index (χ0v) is 15.4. The summed E-state index contributed by atoms with van der Waals surface area (Å²) >= 11 is 0. The molecule has 2 aromatic carbocycles. The fourth-order valence-corrected chi connectivity index (χ4v) is 2.93. The molecule has 0 aromatic heterocycles. The number of nitrogens with one attached hydrogen (secondary N) is 3. The highest BCUT2D eigenvalue weighted by molar-refractivity contribution is 6.40. The molecule has 0 bridgehead atoms. The third kappa shape index (κ3) is 5.40. The van der Waals surface area contributed by atoms with Gasteiger partial charge in [0.25, 0.3) is 5.91 Å². The molecular formula is C21H23N3O4. The highest BCUT2D eigenvalue weighted by atomic mass is 16.5. The van der Waals surface area contributed by atoms with Gasteiger partial charge in [0.1, 0.15) is 0 Å². The second-order valence-corrected chi connectivity index (χ2v) is 6.51. The van der Waals surface area contributed by atoms with E-state index >= 15 is 0 Å². The molecule has 0 aliphatic carbocycles. The maximum atomic E-state index is 12.5. The van der Waals surface area contributed by atoms with Crippen LogP contribution in [0, 0.1) is 0 Å². The molecule has 0 radical (unpaired) electrons. The number of carbonyl (C=O) groups excluding carboxylic acids is 3. The standard InChI is InChI=1S/C21H23N3O4/c25-19(22-13-15-7-2-1-3-8-15)17-10-4-5-11-18(17)24-21(27)20(26)23-14-16-9-6-12-28-16/h1-5,7-8,10-11,16H,6,9,12-14H2,(H,22,25)(H,23,26)(H,24,27)/t16-/m0/s1. The number of rotatable bonds is 6. The van der Waals surface area contributed by atoms with E-state index in [4.69, 9.17) is 4.74 Å². The van der Waals surface area contributed by atoms with Gasteiger partial charge in [-0.2, -0.15) is 0 Å². The summed E-state index contributed by atoms with van der Waals surface area (Å²) in [5.74, 6) is -1.91. The lowest BCUT2D eigenvalue weighted by Gasteiger charge is -2.13. The maximum absolute atomic E-state index is 12.5. The van der Waals surface area contributed by atoms with Crippen molar-refractivity contribution in [3.05, 3.63) is 65.7 Å². The molecule has 1 aliphatic heterocycles. The number of hydrogen-bond acceptors (Lipinski definition) is 4. The number of benzene rings is 2. The van der Waals surface area contributed by atoms with Gasteiger partial charge in [0, 0.05) is 19.7 Å². The molecule has 3 amide bonds. The Bertz CT molecular complexity index is 833. The lowest BCUT2D eigenvalue weighted by molar-refractivity contribution is -0.136. The Morgan fingerprint density at radius 1 is 0.929 bits per heavy atom. The van der Waals surface area contributed by atoms with Gasteiger partial charge in [0.05, 0.1) is 17.4 Å². The number of amides is 3. The van der Waals surface area contributed by atoms with Crippen molar-refractivity contribution in [3.63, 3.8) is 0 Å². The second-order valence-electron chi connectivity index (χ2n) is 6.51. The van der Waals surface area contributed by atoms with Gasteiger partial charge in [0.2, 0.25) is 0 Å². The lowest BCUT2D eigenvalue weighted by atomic mass is 10.1. The van der Waals surface area contributed by atoms with Gasteiger partial charge in [-0.25, -0.2) is 0 Å². The average molecular weight is 381 g/mol. The van der Waals surface area contributed by atoms with Crippen LogP contribution in [-0.4, -0.2) is 37.0 Å². The molecule has 7 nitrogen and oxygen atoms in total. The van der Waals surface area contributed by atoms with Gasteiger partial charge in [-0.05, 0) is 30.5 Å². The van der Waals surface area contributed by atoms with Gasteiger partial charge in [-0.1, -0.05) is 42.5 Å². The molecule has 1 fully saturated rings. The van der Waals surface area contributed by atoms with Crippen LogP contribution in [0.1, 0.15) is 28.8 Å². The molecule has 0 spiro atoms. The highest BCUT2D eigenvalue weighted by Gasteiger charge is 2.21. The Kier molecular flexibility index (Phi) is 6.75. The summed E-state index contributed by atoms with van der Waals surface area (Å²) < 4.78 is 5.42. The van der Waals surface area contributed by atoms with E-state index in [9.17, 15) is 14.4 Å². The first-order valence-electron chi connectivity index (χ1n) is 9.25. The molecule has 3 rings (SSSR count). The van der Waals surface area contributed by atoms with E-state index in [0.717, 1.165) is 18.4 Å². The molecule has 1 aliphatic rings. The van der Waals surface area contributed by atoms with Gasteiger partial charge in [-0.3, -0.25) is 14.4 Å². The van der Waals surface area contributed by atoms with Crippen LogP contribution in [0.2, 0.25) is 0 Å². The zero-order valence-electron chi connectivity index (χ0n) is 15.4. The topological polar surface area (TPSA) is 96.5 Å². The van der Waals surface area contributed by atoms with E-state index in [1.54, 1.807) is 24.3 Å². The molecule has 2 aromatic rings. The van der Waals surface area contributed by atoms with Crippen molar-refractivity contribution >= 4 is 23.4 Å². The smallest absolute Gasteiger partial charge is 0.313 e. The minimum atomic E-state index is -0.818. The summed E-state index contributed by atoms with van der Waals surface area (Å²) in [7, 11) is 0. The minimum Gasteiger partial charge on any atom is -0.376 e. The molecule has 0 saturated carbocycles. The van der Waals surface area contributed by atoms with E-state index in [0.29, 0.717) is 25.3 Å². The van der Waals surface area contributed by atoms with E-state index in [2.05, 4.69) is 16.0 Å². The van der Waals surface area contributed by atoms with Crippen molar-refractivity contribution in [2.75, 3.05) is 18.5 Å². The largest absolute Gasteiger partial charge is 0.376 e. The van der Waals surface area contributed by atoms with Crippen molar-refractivity contribution < 1.29 is 19.1 Å². The Morgan fingerprint density at radius 2 is 1.68 bits per heavy atom. The van der Waals surface area contributed by atoms with Crippen LogP contribution < -0.4 is 16.0 Å². The van der Waals surface area contributed by atoms with Gasteiger partial charge >= 0.3 is 11.8 Å². The van der Waals surface area contributed by atoms with Crippen molar-refractivity contribution in [1.82, 2.24) is 10.6 Å². The highest BCUT2D eigenvalue weighted by Crippen LogP contribution is 2.15. The number of hydrogen-bond donors (Lipinski definition) is 3. The first-order valence-corrected chi connectivity index (χ1v) is 9.25. The Morgan fingerprint density at radius 3 is 2.43 bits per heavy atom. The van der Waals surface area contributed by atoms with Crippen molar-refractivity contribution in [1.29, 1.82) is 0 Å². The lowest BCUT2D eigenvalue weighted by Crippen LogP contribution is -2.39. The molecule has 1 atom stereocenters. The number of anilines is 1. The minimum absolute atomic E-state index is 0.0483. The fourth-order valence-electron chi connectivity index (χ4n) is 2.93. The number of ether oxygens (including phenoxy) is 1. The summed E-state index contributed by atoms with van der Waals surface area (Å²) in [4.78, 5) is 36.7. The zero-order chi connectivity index (χ0) is 19.8. The molecule has 28 heavy (non-hydrogen) atoms. The number of carbonyl (C=O) groups is 3. The van der Waals surface area contributed by atoms with Gasteiger partial charge in [0.15, 0.2) is 0 Å². The van der Waals surface area contributed by atoms with Crippen LogP contribution in [-0.2, 0) is 20.9 Å². The van der Waals surface area contributed by atoms with Crippen LogP contribution in [0.15, 0.2) is 54.6 Å². The Balaban J connectivity index is 1.57. The summed E-state index contributed by atoms with van der Waals surface area (Å²) in [5.41, 5.74) is 1.54. The quantitative estimate of drug-likeness (QED) is 0.666. The molecule has 7 heteroatoms. The molecular weight excluding hydrogens is 358 g/mol. The Hall–Kier alpha value is -3.19. The molecule has 146 valence electrons. The van der Waals surface area contributed by atoms with Crippen LogP contribution >= 0.6 is 0 Å². The van der Waals surface area contributed by atoms with Crippen LogP contribution in [0.4, 0.5) is 5.69 Å². The molecule has 1 saturated heterocycles. The van der Waals surface area contributed by atoms with E-state index in [-0.39, 0.29) is 17.7 Å². The summed E-state index contributed by atoms with van der Waals surface area (Å²) in [6, 6.07) is 16.1. The van der Waals surface area contributed by atoms with E-state index in [1.807, 2.05) is 30.3 Å². The predicted octanol–water partition coefficient (Wildman–Crippen LogP) is 1.85. The normalized spacial score (nSPS) is 15.6. The van der Waals surface area contributed by atoms with Crippen LogP contribution in [0.3, 0.4) is 0 Å². The molecule has 1 heterocycles. The Labute approximate surface area is 163 Å². The molecule has 0 unspecified atom stereocenters. The third-order valence-corrected chi connectivity index (χ3v) is 4.44. The average Bonchev–Trinajstić information content (AvgIpc) is 3.25. The monoisotopic (exact) mass is 381 g/mol. The van der Waals surface area contributed by atoms with Crippen LogP contribution in [0.25, 0.3) is 0 Å². The number of para-hydroxylation sites is 1. The fraction of sp³-hybridized carbons (Fsp3) is 0.286. The summed E-state index contributed by atoms with van der Waals surface area (Å²) in [6.07, 6.45) is 1.78. The van der Waals surface area contributed by atoms with Gasteiger partial charge < -0.3 is 20.7 Å². The van der Waals surface area contributed by atoms with Crippen molar-refractivity contribution in [2.45, 2.75) is 25.5 Å². The summed E-state index contributed by atoms with van der Waals surface area (Å²) in [6.45, 7) is 1.34. The predicted molar refractivity (Wildman–Crippen MR) is 105 cm³/mol. The van der Waals surface area contributed by atoms with Crippen molar-refractivity contribution in [3.8, 4) is 0 Å². The van der Waals surface area contributed by atoms with Crippen molar-refractivity contribution in [2.24, 2.45) is 0 Å². The van der Waals surface area contributed by atoms with E-state index < -0.39 is 11.8 Å².